The summed E-state index contributed by atoms with van der Waals surface area (Å²) in [5.74, 6) is -1.94. The highest BCUT2D eigenvalue weighted by atomic mass is 16.5. The maximum atomic E-state index is 12.7. The second kappa shape index (κ2) is 6.64. The molecule has 2 aromatic rings. The molecule has 3 N–H and O–H groups in total. The largest absolute Gasteiger partial charge is 0.466 e. The summed E-state index contributed by atoms with van der Waals surface area (Å²) in [6.45, 7) is 3.56. The summed E-state index contributed by atoms with van der Waals surface area (Å²) in [7, 11) is 3.88. The topological polar surface area (TPSA) is 98.4 Å². The molecule has 0 aliphatic heterocycles. The third kappa shape index (κ3) is 3.03. The number of carbonyl (C=O) groups is 1. The minimum absolute atomic E-state index is 0.177. The summed E-state index contributed by atoms with van der Waals surface area (Å²) in [5.41, 5.74) is 1.31. The summed E-state index contributed by atoms with van der Waals surface area (Å²) in [6, 6.07) is 7.65. The van der Waals surface area contributed by atoms with Crippen LogP contribution in [-0.4, -0.2) is 47.6 Å². The van der Waals surface area contributed by atoms with Crippen molar-refractivity contribution in [3.63, 3.8) is 0 Å². The minimum Gasteiger partial charge on any atom is -0.466 e. The molecule has 0 unspecified atom stereocenters. The van der Waals surface area contributed by atoms with Crippen LogP contribution in [0.3, 0.4) is 0 Å². The molecule has 7 heteroatoms. The average Bonchev–Trinajstić information content (AvgIpc) is 2.93. The Kier molecular flexibility index (Phi) is 4.66. The highest BCUT2D eigenvalue weighted by molar-refractivity contribution is 5.77. The first-order chi connectivity index (χ1) is 12.3. The Balaban J connectivity index is 2.16. The molecule has 3 atom stereocenters. The van der Waals surface area contributed by atoms with E-state index in [1.807, 2.05) is 43.3 Å². The smallest absolute Gasteiger partial charge is 0.312 e. The van der Waals surface area contributed by atoms with Crippen molar-refractivity contribution in [1.29, 1.82) is 0 Å². The van der Waals surface area contributed by atoms with Crippen molar-refractivity contribution in [2.24, 2.45) is 5.92 Å². The van der Waals surface area contributed by atoms with E-state index in [9.17, 15) is 14.7 Å². The first-order valence-electron chi connectivity index (χ1n) is 8.72. The highest BCUT2D eigenvalue weighted by Crippen LogP contribution is 2.44. The Labute approximate surface area is 152 Å². The number of aromatic amines is 2. The normalized spacial score (nSPS) is 24.8. The fourth-order valence-corrected chi connectivity index (χ4v) is 3.83. The number of hydrogen-bond donors (Lipinski definition) is 3. The Bertz CT molecular complexity index is 848. The van der Waals surface area contributed by atoms with Crippen molar-refractivity contribution in [2.75, 3.05) is 25.6 Å². The summed E-state index contributed by atoms with van der Waals surface area (Å²) in [6.07, 6.45) is 0.177. The predicted octanol–water partition coefficient (Wildman–Crippen LogP) is 1.39. The lowest BCUT2D eigenvalue weighted by Crippen LogP contribution is -2.50. The number of nitrogens with zero attached hydrogens (tertiary/aromatic N) is 1. The Morgan fingerprint density at radius 3 is 2.54 bits per heavy atom. The number of fused-ring (bicyclic) bond motifs is 1. The van der Waals surface area contributed by atoms with E-state index in [1.165, 1.54) is 0 Å². The van der Waals surface area contributed by atoms with Gasteiger partial charge < -0.3 is 19.8 Å². The molecular weight excluding hydrogens is 334 g/mol. The Morgan fingerprint density at radius 1 is 1.31 bits per heavy atom. The van der Waals surface area contributed by atoms with Gasteiger partial charge in [0, 0.05) is 43.4 Å². The number of H-pyrrole nitrogens is 2. The van der Waals surface area contributed by atoms with Gasteiger partial charge in [-0.05, 0) is 31.5 Å². The van der Waals surface area contributed by atoms with E-state index < -0.39 is 23.4 Å². The van der Waals surface area contributed by atoms with Gasteiger partial charge in [-0.25, -0.2) is 0 Å². The van der Waals surface area contributed by atoms with Crippen LogP contribution in [0.1, 0.15) is 36.6 Å². The quantitative estimate of drug-likeness (QED) is 0.717. The molecule has 0 saturated heterocycles. The molecule has 3 rings (SSSR count). The average molecular weight is 359 g/mol. The molecule has 0 spiro atoms. The molecule has 0 saturated carbocycles. The van der Waals surface area contributed by atoms with Crippen molar-refractivity contribution in [3.8, 4) is 0 Å². The van der Waals surface area contributed by atoms with Crippen LogP contribution in [-0.2, 0) is 16.0 Å². The lowest BCUT2D eigenvalue weighted by molar-refractivity contribution is -0.159. The number of ether oxygens (including phenoxy) is 1. The van der Waals surface area contributed by atoms with E-state index >= 15 is 0 Å². The van der Waals surface area contributed by atoms with Crippen molar-refractivity contribution in [2.45, 2.75) is 31.8 Å². The molecule has 0 amide bonds. The van der Waals surface area contributed by atoms with Gasteiger partial charge in [0.2, 0.25) is 0 Å². The van der Waals surface area contributed by atoms with E-state index in [-0.39, 0.29) is 18.6 Å². The third-order valence-corrected chi connectivity index (χ3v) is 5.05. The van der Waals surface area contributed by atoms with Gasteiger partial charge >= 0.3 is 5.97 Å². The summed E-state index contributed by atoms with van der Waals surface area (Å²) >= 11 is 0. The number of benzene rings is 1. The first kappa shape index (κ1) is 18.3. The van der Waals surface area contributed by atoms with E-state index in [4.69, 9.17) is 4.74 Å². The number of rotatable bonds is 4. The number of anilines is 1. The molecule has 0 fully saturated rings. The molecule has 26 heavy (non-hydrogen) atoms. The van der Waals surface area contributed by atoms with E-state index in [2.05, 4.69) is 10.2 Å². The van der Waals surface area contributed by atoms with Crippen LogP contribution in [0.2, 0.25) is 0 Å². The molecule has 140 valence electrons. The van der Waals surface area contributed by atoms with Crippen LogP contribution in [0, 0.1) is 5.92 Å². The maximum absolute atomic E-state index is 12.7. The molecule has 1 heterocycles. The monoisotopic (exact) mass is 359 g/mol. The molecule has 1 aliphatic carbocycles. The van der Waals surface area contributed by atoms with Crippen LogP contribution in [0.5, 0.6) is 0 Å². The van der Waals surface area contributed by atoms with E-state index in [0.717, 1.165) is 11.3 Å². The summed E-state index contributed by atoms with van der Waals surface area (Å²) in [5, 5.41) is 16.4. The molecular formula is C19H25N3O4. The summed E-state index contributed by atoms with van der Waals surface area (Å²) < 4.78 is 5.23. The zero-order chi connectivity index (χ0) is 19.1. The number of esters is 1. The van der Waals surface area contributed by atoms with Crippen LogP contribution in [0.15, 0.2) is 29.1 Å². The number of aromatic nitrogens is 2. The second-order valence-corrected chi connectivity index (χ2v) is 7.20. The van der Waals surface area contributed by atoms with Crippen LogP contribution >= 0.6 is 0 Å². The molecule has 1 aliphatic rings. The SMILES string of the molecule is CCOC(=O)[C@@H]1[C@@H](c2ccc(N(C)C)cc2)c2c([nH][nH]c2=O)C[C@]1(C)O. The molecule has 1 aromatic carbocycles. The third-order valence-electron chi connectivity index (χ3n) is 5.05. The zero-order valence-electron chi connectivity index (χ0n) is 15.5. The number of carbonyl (C=O) groups excluding carboxylic acids is 1. The van der Waals surface area contributed by atoms with Gasteiger partial charge in [-0.3, -0.25) is 14.7 Å². The molecule has 7 nitrogen and oxygen atoms in total. The van der Waals surface area contributed by atoms with Crippen molar-refractivity contribution in [3.05, 3.63) is 51.4 Å². The van der Waals surface area contributed by atoms with Gasteiger partial charge in [0.05, 0.1) is 18.1 Å². The fraction of sp³-hybridized carbons (Fsp3) is 0.474. The van der Waals surface area contributed by atoms with Gasteiger partial charge in [-0.2, -0.15) is 0 Å². The lowest BCUT2D eigenvalue weighted by Gasteiger charge is -2.40. The van der Waals surface area contributed by atoms with Gasteiger partial charge in [0.1, 0.15) is 0 Å². The van der Waals surface area contributed by atoms with Crippen LogP contribution in [0.4, 0.5) is 5.69 Å². The highest BCUT2D eigenvalue weighted by Gasteiger charge is 2.51. The second-order valence-electron chi connectivity index (χ2n) is 7.20. The first-order valence-corrected chi connectivity index (χ1v) is 8.72. The zero-order valence-corrected chi connectivity index (χ0v) is 15.5. The molecule has 1 aromatic heterocycles. The van der Waals surface area contributed by atoms with Crippen molar-refractivity contribution >= 4 is 11.7 Å². The molecule has 0 radical (unpaired) electrons. The van der Waals surface area contributed by atoms with Crippen molar-refractivity contribution in [1.82, 2.24) is 10.2 Å². The Hall–Kier alpha value is -2.54. The maximum Gasteiger partial charge on any atom is 0.312 e. The van der Waals surface area contributed by atoms with Gasteiger partial charge in [0.15, 0.2) is 0 Å². The van der Waals surface area contributed by atoms with Crippen LogP contribution < -0.4 is 10.5 Å². The van der Waals surface area contributed by atoms with Gasteiger partial charge in [-0.15, -0.1) is 0 Å². The van der Waals surface area contributed by atoms with Crippen molar-refractivity contribution < 1.29 is 14.6 Å². The number of hydrogen-bond acceptors (Lipinski definition) is 5. The van der Waals surface area contributed by atoms with Crippen LogP contribution in [0.25, 0.3) is 0 Å². The fourth-order valence-electron chi connectivity index (χ4n) is 3.83. The standard InChI is InChI=1S/C19H25N3O4/c1-5-26-18(24)16-14(11-6-8-12(9-7-11)22(3)4)15-13(10-19(16,2)25)20-21-17(15)23/h6-9,14,16,25H,5,10H2,1-4H3,(H2,20,21,23)/t14-,16-,19-/m0/s1. The summed E-state index contributed by atoms with van der Waals surface area (Å²) in [4.78, 5) is 27.1. The lowest BCUT2D eigenvalue weighted by atomic mass is 9.66. The van der Waals surface area contributed by atoms with E-state index in [0.29, 0.717) is 11.3 Å². The molecule has 0 bridgehead atoms. The number of nitrogens with one attached hydrogen (secondary N) is 2. The minimum atomic E-state index is -1.34. The predicted molar refractivity (Wildman–Crippen MR) is 98.5 cm³/mol. The Morgan fingerprint density at radius 2 is 1.96 bits per heavy atom. The van der Waals surface area contributed by atoms with E-state index in [1.54, 1.807) is 13.8 Å². The number of aliphatic hydroxyl groups is 1. The van der Waals surface area contributed by atoms with Gasteiger partial charge in [-0.1, -0.05) is 12.1 Å². The van der Waals surface area contributed by atoms with Gasteiger partial charge in [0.25, 0.3) is 5.56 Å².